The van der Waals surface area contributed by atoms with Gasteiger partial charge in [0.15, 0.2) is 0 Å². The smallest absolute Gasteiger partial charge is 0.245 e. The summed E-state index contributed by atoms with van der Waals surface area (Å²) in [6, 6.07) is 0. The van der Waals surface area contributed by atoms with Crippen molar-refractivity contribution in [1.82, 2.24) is 10.4 Å². The van der Waals surface area contributed by atoms with Crippen molar-refractivity contribution in [1.29, 1.82) is 0 Å². The Labute approximate surface area is 64.8 Å². The monoisotopic (exact) mass is 154 g/mol. The molecule has 0 saturated carbocycles. The van der Waals surface area contributed by atoms with E-state index < -0.39 is 0 Å². The number of rotatable bonds is 1. The van der Waals surface area contributed by atoms with Gasteiger partial charge >= 0.3 is 0 Å². The number of hydrogen-bond acceptors (Lipinski definition) is 2. The first kappa shape index (κ1) is 7.78. The standard InChI is InChI=1S/C7H10N2O2/c1-5-3-4-7(11)9(5)8-6(2)10/h1,3-4H2,2H3,(H,8,10). The van der Waals surface area contributed by atoms with Crippen LogP contribution < -0.4 is 5.43 Å². The van der Waals surface area contributed by atoms with Crippen LogP contribution in [0.3, 0.4) is 0 Å². The lowest BCUT2D eigenvalue weighted by Gasteiger charge is -2.16. The summed E-state index contributed by atoms with van der Waals surface area (Å²) in [4.78, 5) is 21.5. The van der Waals surface area contributed by atoms with Crippen LogP contribution in [0.25, 0.3) is 0 Å². The summed E-state index contributed by atoms with van der Waals surface area (Å²) in [6.45, 7) is 4.99. The fourth-order valence-electron chi connectivity index (χ4n) is 0.950. The summed E-state index contributed by atoms with van der Waals surface area (Å²) in [5.41, 5.74) is 3.04. The molecule has 1 fully saturated rings. The predicted molar refractivity (Wildman–Crippen MR) is 39.0 cm³/mol. The normalized spacial score (nSPS) is 17.4. The Morgan fingerprint density at radius 1 is 1.64 bits per heavy atom. The molecule has 4 heteroatoms. The maximum absolute atomic E-state index is 11.0. The van der Waals surface area contributed by atoms with E-state index in [2.05, 4.69) is 12.0 Å². The highest BCUT2D eigenvalue weighted by Gasteiger charge is 2.24. The number of carbonyl (C=O) groups is 2. The van der Waals surface area contributed by atoms with Crippen molar-refractivity contribution in [2.24, 2.45) is 0 Å². The summed E-state index contributed by atoms with van der Waals surface area (Å²) >= 11 is 0. The third-order valence-electron chi connectivity index (χ3n) is 1.46. The average Bonchev–Trinajstić information content (AvgIpc) is 2.18. The molecule has 2 amide bonds. The highest BCUT2D eigenvalue weighted by molar-refractivity contribution is 5.84. The molecule has 0 spiro atoms. The Morgan fingerprint density at radius 2 is 2.27 bits per heavy atom. The molecule has 4 nitrogen and oxygen atoms in total. The number of allylic oxidation sites excluding steroid dienone is 1. The highest BCUT2D eigenvalue weighted by Crippen LogP contribution is 2.17. The van der Waals surface area contributed by atoms with E-state index in [0.29, 0.717) is 18.5 Å². The van der Waals surface area contributed by atoms with Crippen LogP contribution in [0.1, 0.15) is 19.8 Å². The van der Waals surface area contributed by atoms with Crippen LogP contribution in [0.2, 0.25) is 0 Å². The van der Waals surface area contributed by atoms with E-state index >= 15 is 0 Å². The zero-order chi connectivity index (χ0) is 8.43. The molecular formula is C7H10N2O2. The first-order valence-electron chi connectivity index (χ1n) is 3.39. The van der Waals surface area contributed by atoms with E-state index in [0.717, 1.165) is 0 Å². The molecule has 0 aromatic rings. The van der Waals surface area contributed by atoms with Crippen LogP contribution in [-0.2, 0) is 9.59 Å². The number of nitrogens with zero attached hydrogens (tertiary/aromatic N) is 1. The lowest BCUT2D eigenvalue weighted by molar-refractivity contribution is -0.135. The summed E-state index contributed by atoms with van der Waals surface area (Å²) < 4.78 is 0. The number of carbonyl (C=O) groups excluding carboxylic acids is 2. The average molecular weight is 154 g/mol. The quantitative estimate of drug-likeness (QED) is 0.585. The van der Waals surface area contributed by atoms with Crippen molar-refractivity contribution >= 4 is 11.8 Å². The number of amides is 2. The Kier molecular flexibility index (Phi) is 1.94. The maximum atomic E-state index is 11.0. The molecular weight excluding hydrogens is 144 g/mol. The molecule has 0 radical (unpaired) electrons. The molecule has 1 N–H and O–H groups in total. The lowest BCUT2D eigenvalue weighted by Crippen LogP contribution is -2.40. The van der Waals surface area contributed by atoms with Gasteiger partial charge < -0.3 is 0 Å². The molecule has 0 aromatic carbocycles. The van der Waals surface area contributed by atoms with Gasteiger partial charge in [0.2, 0.25) is 11.8 Å². The van der Waals surface area contributed by atoms with E-state index in [9.17, 15) is 9.59 Å². The predicted octanol–water partition coefficient (Wildman–Crippen LogP) is 0.174. The van der Waals surface area contributed by atoms with Crippen molar-refractivity contribution in [3.8, 4) is 0 Å². The molecule has 60 valence electrons. The van der Waals surface area contributed by atoms with Crippen LogP contribution in [-0.4, -0.2) is 16.8 Å². The van der Waals surface area contributed by atoms with Gasteiger partial charge in [-0.15, -0.1) is 0 Å². The minimum Gasteiger partial charge on any atom is -0.274 e. The second kappa shape index (κ2) is 2.74. The fraction of sp³-hybridized carbons (Fsp3) is 0.429. The molecule has 0 bridgehead atoms. The summed E-state index contributed by atoms with van der Waals surface area (Å²) in [7, 11) is 0. The first-order chi connectivity index (χ1) is 5.11. The maximum Gasteiger partial charge on any atom is 0.245 e. The third-order valence-corrected chi connectivity index (χ3v) is 1.46. The van der Waals surface area contributed by atoms with E-state index in [1.807, 2.05) is 0 Å². The first-order valence-corrected chi connectivity index (χ1v) is 3.39. The van der Waals surface area contributed by atoms with Crippen LogP contribution in [0.4, 0.5) is 0 Å². The van der Waals surface area contributed by atoms with Gasteiger partial charge in [-0.3, -0.25) is 15.0 Å². The second-order valence-corrected chi connectivity index (χ2v) is 2.46. The number of hydrazine groups is 1. The molecule has 1 aliphatic rings. The highest BCUT2D eigenvalue weighted by atomic mass is 16.2. The molecule has 0 aliphatic carbocycles. The van der Waals surface area contributed by atoms with E-state index in [1.165, 1.54) is 11.9 Å². The largest absolute Gasteiger partial charge is 0.274 e. The SMILES string of the molecule is C=C1CCC(=O)N1NC(C)=O. The van der Waals surface area contributed by atoms with Crippen LogP contribution in [0.5, 0.6) is 0 Å². The van der Waals surface area contributed by atoms with E-state index in [-0.39, 0.29) is 11.8 Å². The minimum atomic E-state index is -0.249. The van der Waals surface area contributed by atoms with Crippen LogP contribution in [0, 0.1) is 0 Å². The molecule has 11 heavy (non-hydrogen) atoms. The second-order valence-electron chi connectivity index (χ2n) is 2.46. The molecule has 1 heterocycles. The molecule has 0 atom stereocenters. The fourth-order valence-corrected chi connectivity index (χ4v) is 0.950. The summed E-state index contributed by atoms with van der Waals surface area (Å²) in [6.07, 6.45) is 1.08. The summed E-state index contributed by atoms with van der Waals surface area (Å²) in [5.74, 6) is -0.341. The third kappa shape index (κ3) is 1.58. The topological polar surface area (TPSA) is 49.4 Å². The number of hydrogen-bond donors (Lipinski definition) is 1. The minimum absolute atomic E-state index is 0.0924. The van der Waals surface area contributed by atoms with Crippen LogP contribution in [0.15, 0.2) is 12.3 Å². The Hall–Kier alpha value is -1.32. The van der Waals surface area contributed by atoms with E-state index in [1.54, 1.807) is 0 Å². The Bertz CT molecular complexity index is 206. The zero-order valence-corrected chi connectivity index (χ0v) is 6.39. The van der Waals surface area contributed by atoms with Gasteiger partial charge in [-0.1, -0.05) is 6.58 Å². The van der Waals surface area contributed by atoms with Crippen molar-refractivity contribution in [2.45, 2.75) is 19.8 Å². The Morgan fingerprint density at radius 3 is 2.64 bits per heavy atom. The van der Waals surface area contributed by atoms with Gasteiger partial charge in [0.05, 0.1) is 0 Å². The molecule has 1 rings (SSSR count). The Balaban J connectivity index is 2.62. The van der Waals surface area contributed by atoms with Gasteiger partial charge in [-0.2, -0.15) is 0 Å². The van der Waals surface area contributed by atoms with Crippen molar-refractivity contribution in [2.75, 3.05) is 0 Å². The van der Waals surface area contributed by atoms with Gasteiger partial charge in [0.1, 0.15) is 0 Å². The van der Waals surface area contributed by atoms with Gasteiger partial charge in [-0.05, 0) is 6.42 Å². The van der Waals surface area contributed by atoms with Crippen molar-refractivity contribution in [3.63, 3.8) is 0 Å². The van der Waals surface area contributed by atoms with E-state index in [4.69, 9.17) is 0 Å². The van der Waals surface area contributed by atoms with Crippen molar-refractivity contribution < 1.29 is 9.59 Å². The molecule has 0 aromatic heterocycles. The van der Waals surface area contributed by atoms with Crippen molar-refractivity contribution in [3.05, 3.63) is 12.3 Å². The summed E-state index contributed by atoms with van der Waals surface area (Å²) in [5, 5.41) is 1.21. The molecule has 1 saturated heterocycles. The lowest BCUT2D eigenvalue weighted by atomic mass is 10.3. The van der Waals surface area contributed by atoms with Gasteiger partial charge in [0.25, 0.3) is 0 Å². The number of nitrogens with one attached hydrogen (secondary N) is 1. The molecule has 0 unspecified atom stereocenters. The van der Waals surface area contributed by atoms with Crippen LogP contribution >= 0.6 is 0 Å². The zero-order valence-electron chi connectivity index (χ0n) is 6.39. The molecule has 1 aliphatic heterocycles. The van der Waals surface area contributed by atoms with Gasteiger partial charge in [-0.25, -0.2) is 5.01 Å². The van der Waals surface area contributed by atoms with Gasteiger partial charge in [0, 0.05) is 19.0 Å².